The van der Waals surface area contributed by atoms with E-state index in [1.807, 2.05) is 60.8 Å². The molecule has 0 saturated heterocycles. The summed E-state index contributed by atoms with van der Waals surface area (Å²) in [6, 6.07) is 45.1. The molecule has 6 heteroatoms. The summed E-state index contributed by atoms with van der Waals surface area (Å²) in [5.41, 5.74) is 9.20. The molecule has 1 radical (unpaired) electrons. The summed E-state index contributed by atoms with van der Waals surface area (Å²) < 4.78 is 70.1. The number of furan rings is 1. The van der Waals surface area contributed by atoms with E-state index in [1.165, 1.54) is 16.8 Å². The fraction of sp³-hybridized carbons (Fsp3) is 0.176. The van der Waals surface area contributed by atoms with E-state index in [0.29, 0.717) is 33.8 Å². The van der Waals surface area contributed by atoms with E-state index < -0.39 is 21.8 Å². The number of hydrogen-bond acceptors (Lipinski definition) is 3. The molecule has 0 amide bonds. The van der Waals surface area contributed by atoms with Gasteiger partial charge in [-0.3, -0.25) is 4.98 Å². The molecule has 9 aromatic rings. The molecule has 0 aliphatic carbocycles. The van der Waals surface area contributed by atoms with Crippen molar-refractivity contribution in [2.75, 3.05) is 0 Å². The molecule has 6 aromatic carbocycles. The fourth-order valence-electron chi connectivity index (χ4n) is 6.87. The van der Waals surface area contributed by atoms with Crippen LogP contribution in [0.15, 0.2) is 144 Å². The Morgan fingerprint density at radius 2 is 1.58 bits per heavy atom. The van der Waals surface area contributed by atoms with Gasteiger partial charge in [-0.15, -0.1) is 53.5 Å². The Morgan fingerprint density at radius 1 is 0.789 bits per heavy atom. The zero-order valence-corrected chi connectivity index (χ0v) is 36.1. The Bertz CT molecular complexity index is 3160. The third-order valence-electron chi connectivity index (χ3n) is 9.99. The number of aryl methyl sites for hydroxylation is 1. The van der Waals surface area contributed by atoms with Gasteiger partial charge in [0.25, 0.3) is 0 Å². The van der Waals surface area contributed by atoms with Crippen molar-refractivity contribution in [3.8, 4) is 39.5 Å². The second-order valence-corrected chi connectivity index (χ2v) is 21.1. The normalized spacial score (nSPS) is 14.2. The first-order valence-corrected chi connectivity index (χ1v) is 22.2. The number of imidazole rings is 1. The second-order valence-electron chi connectivity index (χ2n) is 16.0. The summed E-state index contributed by atoms with van der Waals surface area (Å²) in [6.45, 7) is 8.67. The first kappa shape index (κ1) is 30.7. The van der Waals surface area contributed by atoms with Gasteiger partial charge in [-0.2, -0.15) is 0 Å². The monoisotopic (exact) mass is 946 g/mol. The molecule has 57 heavy (non-hydrogen) atoms. The maximum Gasteiger partial charge on any atom is 0.121 e. The SMILES string of the molecule is [2H]C([2H])([2H])c1ccc2c(c1)oc1c(-c3nc4ccccc4n3-c3ccc(C(C)(C)C)cc3-c3ccccc3)[c-]ccc12.[2H]c1[c-]c(-c2ccc([Si](C)(C)C)cn2)cc([2H])c1C([2H])([2H])[2H].[Ir]. The molecular weight excluding hydrogens is 891 g/mol. The number of fused-ring (bicyclic) bond motifs is 4. The molecule has 0 bridgehead atoms. The van der Waals surface area contributed by atoms with Crippen molar-refractivity contribution >= 4 is 46.2 Å². The summed E-state index contributed by atoms with van der Waals surface area (Å²) in [7, 11) is -1.43. The summed E-state index contributed by atoms with van der Waals surface area (Å²) in [4.78, 5) is 9.51. The van der Waals surface area contributed by atoms with Crippen LogP contribution in [0.4, 0.5) is 0 Å². The van der Waals surface area contributed by atoms with Crippen LogP contribution in [0.5, 0.6) is 0 Å². The smallest absolute Gasteiger partial charge is 0.121 e. The van der Waals surface area contributed by atoms with Crippen LogP contribution in [0.3, 0.4) is 0 Å². The Kier molecular flexibility index (Phi) is 8.54. The van der Waals surface area contributed by atoms with Crippen molar-refractivity contribution in [1.82, 2.24) is 14.5 Å². The molecule has 0 aliphatic heterocycles. The summed E-state index contributed by atoms with van der Waals surface area (Å²) in [5.74, 6) is 0.706. The van der Waals surface area contributed by atoms with Gasteiger partial charge in [0.1, 0.15) is 5.58 Å². The minimum absolute atomic E-state index is 0. The molecule has 0 aliphatic rings. The molecule has 287 valence electrons. The largest absolute Gasteiger partial charge is 0.501 e. The zero-order valence-electron chi connectivity index (χ0n) is 40.7. The van der Waals surface area contributed by atoms with Gasteiger partial charge in [-0.1, -0.05) is 131 Å². The van der Waals surface area contributed by atoms with E-state index in [4.69, 9.17) is 20.4 Å². The van der Waals surface area contributed by atoms with Crippen LogP contribution >= 0.6 is 0 Å². The first-order chi connectivity index (χ1) is 30.1. The Hall–Kier alpha value is -5.39. The minimum Gasteiger partial charge on any atom is -0.501 e. The average molecular weight is 946 g/mol. The van der Waals surface area contributed by atoms with Crippen molar-refractivity contribution < 1.29 is 35.5 Å². The Balaban J connectivity index is 0.000000233. The number of hydrogen-bond donors (Lipinski definition) is 0. The van der Waals surface area contributed by atoms with Gasteiger partial charge in [-0.05, 0) is 70.2 Å². The molecule has 3 heterocycles. The minimum atomic E-state index is -2.47. The van der Waals surface area contributed by atoms with Crippen molar-refractivity contribution in [3.63, 3.8) is 0 Å². The molecule has 0 N–H and O–H groups in total. The Morgan fingerprint density at radius 3 is 2.30 bits per heavy atom. The quantitative estimate of drug-likeness (QED) is 0.128. The van der Waals surface area contributed by atoms with E-state index >= 15 is 0 Å². The molecule has 0 fully saturated rings. The van der Waals surface area contributed by atoms with Crippen molar-refractivity contribution in [1.29, 1.82) is 0 Å². The van der Waals surface area contributed by atoms with E-state index in [1.54, 1.807) is 12.1 Å². The van der Waals surface area contributed by atoms with Crippen LogP contribution < -0.4 is 5.19 Å². The van der Waals surface area contributed by atoms with Crippen molar-refractivity contribution in [2.24, 2.45) is 0 Å². The third kappa shape index (κ3) is 8.08. The van der Waals surface area contributed by atoms with Crippen molar-refractivity contribution in [2.45, 2.75) is 59.5 Å². The third-order valence-corrected chi connectivity index (χ3v) is 12.0. The predicted octanol–water partition coefficient (Wildman–Crippen LogP) is 13.1. The maximum atomic E-state index is 7.88. The number of aromatic nitrogens is 3. The molecule has 0 saturated carbocycles. The first-order valence-electron chi connectivity index (χ1n) is 22.7. The molecule has 0 unspecified atom stereocenters. The number of nitrogens with zero attached hydrogens (tertiary/aromatic N) is 3. The summed E-state index contributed by atoms with van der Waals surface area (Å²) >= 11 is 0. The fourth-order valence-corrected chi connectivity index (χ4v) is 7.91. The number of benzene rings is 6. The van der Waals surface area contributed by atoms with E-state index in [2.05, 4.69) is 111 Å². The van der Waals surface area contributed by atoms with E-state index in [0.717, 1.165) is 38.6 Å². The zero-order chi connectivity index (χ0) is 45.9. The van der Waals surface area contributed by atoms with Crippen LogP contribution in [0.1, 0.15) is 48.4 Å². The van der Waals surface area contributed by atoms with Crippen LogP contribution in [0.25, 0.3) is 72.4 Å². The predicted molar refractivity (Wildman–Crippen MR) is 238 cm³/mol. The molecule has 0 spiro atoms. The number of rotatable bonds is 5. The van der Waals surface area contributed by atoms with Crippen LogP contribution in [0, 0.1) is 25.8 Å². The summed E-state index contributed by atoms with van der Waals surface area (Å²) in [6.07, 6.45) is 1.82. The molecule has 9 rings (SSSR count). The van der Waals surface area contributed by atoms with Gasteiger partial charge in [0.05, 0.1) is 30.5 Å². The van der Waals surface area contributed by atoms with E-state index in [9.17, 15) is 0 Å². The van der Waals surface area contributed by atoms with Crippen LogP contribution in [0.2, 0.25) is 19.6 Å². The summed E-state index contributed by atoms with van der Waals surface area (Å²) in [5, 5.41) is 2.96. The standard InChI is InChI=1S/C36H29N2O.C15H18NSi.Ir/c1-23-17-19-26-27-13-10-14-28(34(27)39-33(26)21-23)35-37-30-15-8-9-16-32(30)38(35)31-20-18-25(36(2,3)4)22-29(31)24-11-6-5-7-12-24;1-12-5-7-13(8-6-12)15-10-9-14(11-16-15)17(2,3)4;/h5-13,15-22H,1-4H3;5-7,9-11H,1-4H3;/q2*-1;/i1D3;1D3,5D,6D;. The van der Waals surface area contributed by atoms with Gasteiger partial charge in [-0.25, -0.2) is 0 Å². The van der Waals surface area contributed by atoms with Gasteiger partial charge in [0.2, 0.25) is 0 Å². The van der Waals surface area contributed by atoms with Gasteiger partial charge in [0, 0.05) is 53.9 Å². The van der Waals surface area contributed by atoms with Crippen LogP contribution in [-0.2, 0) is 25.5 Å². The van der Waals surface area contributed by atoms with E-state index in [-0.39, 0.29) is 48.7 Å². The average Bonchev–Trinajstić information content (AvgIpc) is 3.81. The van der Waals surface area contributed by atoms with Gasteiger partial charge >= 0.3 is 0 Å². The molecule has 3 aromatic heterocycles. The van der Waals surface area contributed by atoms with Gasteiger partial charge in [0.15, 0.2) is 0 Å². The number of pyridine rings is 1. The van der Waals surface area contributed by atoms with Crippen LogP contribution in [-0.4, -0.2) is 22.6 Å². The molecule has 0 atom stereocenters. The second kappa shape index (κ2) is 15.9. The molecular formula is C51H47IrN3OSi-2. The Labute approximate surface area is 362 Å². The topological polar surface area (TPSA) is 43.9 Å². The van der Waals surface area contributed by atoms with Gasteiger partial charge < -0.3 is 14.0 Å². The maximum absolute atomic E-state index is 7.88. The molecule has 4 nitrogen and oxygen atoms in total. The van der Waals surface area contributed by atoms with Crippen molar-refractivity contribution in [3.05, 3.63) is 168 Å². The number of para-hydroxylation sites is 2.